The van der Waals surface area contributed by atoms with Gasteiger partial charge in [0.05, 0.1) is 6.61 Å². The Kier molecular flexibility index (Phi) is 8.51. The van der Waals surface area contributed by atoms with E-state index in [0.29, 0.717) is 25.3 Å². The summed E-state index contributed by atoms with van der Waals surface area (Å²) in [6.07, 6.45) is 2.26. The molecule has 16 heavy (non-hydrogen) atoms. The molecule has 7 heteroatoms. The number of nitrogens with one attached hydrogen (secondary N) is 2. The van der Waals surface area contributed by atoms with Gasteiger partial charge >= 0.3 is 12.0 Å². The van der Waals surface area contributed by atoms with Gasteiger partial charge in [-0.25, -0.2) is 4.79 Å². The summed E-state index contributed by atoms with van der Waals surface area (Å²) in [5.74, 6) is 0.0883. The maximum atomic E-state index is 11.1. The van der Waals surface area contributed by atoms with Crippen molar-refractivity contribution in [1.82, 2.24) is 10.6 Å². The van der Waals surface area contributed by atoms with Gasteiger partial charge in [0.2, 0.25) is 0 Å². The Hall–Kier alpha value is -1.11. The third kappa shape index (κ3) is 9.45. The van der Waals surface area contributed by atoms with Crippen LogP contribution in [-0.2, 0) is 20.3 Å². The highest BCUT2D eigenvalue weighted by Gasteiger charge is 2.04. The molecule has 0 aliphatic heterocycles. The molecule has 0 aliphatic carbocycles. The third-order valence-corrected chi connectivity index (χ3v) is 2.46. The zero-order valence-corrected chi connectivity index (χ0v) is 10.4. The lowest BCUT2D eigenvalue weighted by Gasteiger charge is -2.06. The SMILES string of the molecule is CCOC(=O)CNC(=O)NCCCS(C)=O. The summed E-state index contributed by atoms with van der Waals surface area (Å²) in [6, 6.07) is -0.421. The molecule has 1 atom stereocenters. The molecule has 0 aromatic rings. The summed E-state index contributed by atoms with van der Waals surface area (Å²) in [7, 11) is -0.840. The molecule has 2 N–H and O–H groups in total. The highest BCUT2D eigenvalue weighted by Crippen LogP contribution is 1.81. The monoisotopic (exact) mass is 250 g/mol. The summed E-state index contributed by atoms with van der Waals surface area (Å²) >= 11 is 0. The molecule has 0 saturated heterocycles. The first-order chi connectivity index (χ1) is 7.56. The van der Waals surface area contributed by atoms with E-state index in [0.717, 1.165) is 0 Å². The minimum atomic E-state index is -0.840. The molecular formula is C9H18N2O4S. The van der Waals surface area contributed by atoms with Crippen LogP contribution in [0.25, 0.3) is 0 Å². The Labute approximate surface area is 97.6 Å². The lowest BCUT2D eigenvalue weighted by molar-refractivity contribution is -0.141. The van der Waals surface area contributed by atoms with Crippen LogP contribution in [-0.4, -0.2) is 47.9 Å². The summed E-state index contributed by atoms with van der Waals surface area (Å²) < 4.78 is 15.3. The minimum Gasteiger partial charge on any atom is -0.465 e. The topological polar surface area (TPSA) is 84.5 Å². The first kappa shape index (κ1) is 14.9. The summed E-state index contributed by atoms with van der Waals surface area (Å²) in [4.78, 5) is 22.0. The van der Waals surface area contributed by atoms with Crippen LogP contribution in [0.1, 0.15) is 13.3 Å². The van der Waals surface area contributed by atoms with Crippen LogP contribution >= 0.6 is 0 Å². The van der Waals surface area contributed by atoms with Crippen LogP contribution in [0.4, 0.5) is 4.79 Å². The largest absolute Gasteiger partial charge is 0.465 e. The third-order valence-electron chi connectivity index (χ3n) is 1.59. The number of rotatable bonds is 7. The van der Waals surface area contributed by atoms with Crippen molar-refractivity contribution in [2.24, 2.45) is 0 Å². The number of esters is 1. The number of hydrogen-bond donors (Lipinski definition) is 2. The molecule has 0 fully saturated rings. The second kappa shape index (κ2) is 9.14. The van der Waals surface area contributed by atoms with E-state index in [-0.39, 0.29) is 6.54 Å². The number of carbonyl (C=O) groups is 2. The smallest absolute Gasteiger partial charge is 0.325 e. The quantitative estimate of drug-likeness (QED) is 0.476. The first-order valence-corrected chi connectivity index (χ1v) is 6.76. The molecule has 1 unspecified atom stereocenters. The number of amides is 2. The summed E-state index contributed by atoms with van der Waals surface area (Å²) in [5, 5.41) is 4.90. The average molecular weight is 250 g/mol. The molecule has 0 rings (SSSR count). The molecule has 0 spiro atoms. The second-order valence-corrected chi connectivity index (χ2v) is 4.60. The number of carbonyl (C=O) groups excluding carboxylic acids is 2. The Morgan fingerprint density at radius 2 is 2.00 bits per heavy atom. The molecule has 6 nitrogen and oxygen atoms in total. The van der Waals surface area contributed by atoms with Gasteiger partial charge in [-0.15, -0.1) is 0 Å². The van der Waals surface area contributed by atoms with Gasteiger partial charge in [0.25, 0.3) is 0 Å². The van der Waals surface area contributed by atoms with E-state index < -0.39 is 22.8 Å². The van der Waals surface area contributed by atoms with Crippen LogP contribution < -0.4 is 10.6 Å². The van der Waals surface area contributed by atoms with Gasteiger partial charge in [-0.05, 0) is 13.3 Å². The summed E-state index contributed by atoms with van der Waals surface area (Å²) in [5.41, 5.74) is 0. The van der Waals surface area contributed by atoms with Crippen molar-refractivity contribution in [1.29, 1.82) is 0 Å². The van der Waals surface area contributed by atoms with E-state index in [4.69, 9.17) is 0 Å². The number of ether oxygens (including phenoxy) is 1. The first-order valence-electron chi connectivity index (χ1n) is 5.03. The molecule has 0 heterocycles. The molecule has 0 aliphatic rings. The zero-order valence-electron chi connectivity index (χ0n) is 9.58. The fourth-order valence-electron chi connectivity index (χ4n) is 0.904. The fraction of sp³-hybridized carbons (Fsp3) is 0.778. The predicted octanol–water partition coefficient (Wildman–Crippen LogP) is -0.383. The fourth-order valence-corrected chi connectivity index (χ4v) is 1.46. The van der Waals surface area contributed by atoms with Gasteiger partial charge in [-0.2, -0.15) is 0 Å². The van der Waals surface area contributed by atoms with E-state index in [1.165, 1.54) is 0 Å². The van der Waals surface area contributed by atoms with Crippen molar-refractivity contribution in [3.05, 3.63) is 0 Å². The Morgan fingerprint density at radius 1 is 1.31 bits per heavy atom. The standard InChI is InChI=1S/C9H18N2O4S/c1-3-15-8(12)7-11-9(13)10-5-4-6-16(2)14/h3-7H2,1-2H3,(H2,10,11,13). The van der Waals surface area contributed by atoms with Gasteiger partial charge < -0.3 is 15.4 Å². The van der Waals surface area contributed by atoms with Crippen molar-refractivity contribution in [3.63, 3.8) is 0 Å². The van der Waals surface area contributed by atoms with E-state index in [1.807, 2.05) is 0 Å². The van der Waals surface area contributed by atoms with E-state index in [9.17, 15) is 13.8 Å². The Balaban J connectivity index is 3.44. The number of urea groups is 1. The number of hydrogen-bond acceptors (Lipinski definition) is 4. The lowest BCUT2D eigenvalue weighted by atomic mass is 10.5. The van der Waals surface area contributed by atoms with Gasteiger partial charge in [0.15, 0.2) is 0 Å². The summed E-state index contributed by atoms with van der Waals surface area (Å²) in [6.45, 7) is 2.29. The highest BCUT2D eigenvalue weighted by atomic mass is 32.2. The van der Waals surface area contributed by atoms with E-state index in [2.05, 4.69) is 15.4 Å². The maximum Gasteiger partial charge on any atom is 0.325 e. The Bertz CT molecular complexity index is 258. The molecule has 0 bridgehead atoms. The van der Waals surface area contributed by atoms with Crippen LogP contribution in [0, 0.1) is 0 Å². The molecule has 0 radical (unpaired) electrons. The van der Waals surface area contributed by atoms with Gasteiger partial charge in [0, 0.05) is 29.4 Å². The van der Waals surface area contributed by atoms with Crippen LogP contribution in [0.2, 0.25) is 0 Å². The van der Waals surface area contributed by atoms with Crippen molar-refractivity contribution < 1.29 is 18.5 Å². The second-order valence-electron chi connectivity index (χ2n) is 3.05. The van der Waals surface area contributed by atoms with Crippen LogP contribution in [0.3, 0.4) is 0 Å². The van der Waals surface area contributed by atoms with E-state index in [1.54, 1.807) is 13.2 Å². The molecule has 0 aromatic carbocycles. The van der Waals surface area contributed by atoms with Crippen LogP contribution in [0.5, 0.6) is 0 Å². The van der Waals surface area contributed by atoms with Crippen molar-refractivity contribution in [3.8, 4) is 0 Å². The van der Waals surface area contributed by atoms with Gasteiger partial charge in [-0.1, -0.05) is 0 Å². The zero-order chi connectivity index (χ0) is 12.4. The maximum absolute atomic E-state index is 11.1. The Morgan fingerprint density at radius 3 is 2.56 bits per heavy atom. The minimum absolute atomic E-state index is 0.140. The van der Waals surface area contributed by atoms with Crippen LogP contribution in [0.15, 0.2) is 0 Å². The van der Waals surface area contributed by atoms with Gasteiger partial charge in [-0.3, -0.25) is 9.00 Å². The van der Waals surface area contributed by atoms with E-state index >= 15 is 0 Å². The molecule has 2 amide bonds. The molecule has 94 valence electrons. The average Bonchev–Trinajstić information content (AvgIpc) is 2.22. The molecule has 0 aromatic heterocycles. The highest BCUT2D eigenvalue weighted by molar-refractivity contribution is 7.84. The van der Waals surface area contributed by atoms with Crippen molar-refractivity contribution in [2.75, 3.05) is 31.7 Å². The molecular weight excluding hydrogens is 232 g/mol. The predicted molar refractivity (Wildman–Crippen MR) is 61.6 cm³/mol. The van der Waals surface area contributed by atoms with Crippen molar-refractivity contribution in [2.45, 2.75) is 13.3 Å². The van der Waals surface area contributed by atoms with Gasteiger partial charge in [0.1, 0.15) is 6.54 Å². The lowest BCUT2D eigenvalue weighted by Crippen LogP contribution is -2.39. The molecule has 0 saturated carbocycles. The normalized spacial score (nSPS) is 11.6. The van der Waals surface area contributed by atoms with Crippen molar-refractivity contribution >= 4 is 22.8 Å².